The Hall–Kier alpha value is -4.01. The third kappa shape index (κ3) is 6.50. The number of hydrogen-bond donors (Lipinski definition) is 2. The highest BCUT2D eigenvalue weighted by molar-refractivity contribution is 5.90. The minimum absolute atomic E-state index is 0.0157. The number of fused-ring (bicyclic) bond motifs is 1. The number of hydrogen-bond acceptors (Lipinski definition) is 6. The summed E-state index contributed by atoms with van der Waals surface area (Å²) in [5.74, 6) is 0.294. The van der Waals surface area contributed by atoms with E-state index < -0.39 is 12.1 Å². The molecule has 178 valence electrons. The van der Waals surface area contributed by atoms with Crippen molar-refractivity contribution in [3.8, 4) is 0 Å². The molecule has 1 atom stereocenters. The number of methoxy groups -OCH3 is 1. The molecule has 2 aromatic heterocycles. The van der Waals surface area contributed by atoms with Crippen LogP contribution in [0.15, 0.2) is 59.5 Å². The smallest absolute Gasteiger partial charge is 0.407 e. The number of ketones is 2. The SMILES string of the molecule is CCC(=O)/C=C/CC[C@H](NC(=O)OC)C(=O)Cc1cccn(Cc2nc3ccccc3[nH]2)c1=O. The van der Waals surface area contributed by atoms with Gasteiger partial charge in [-0.05, 0) is 37.1 Å². The number of para-hydroxylation sites is 2. The normalized spacial score (nSPS) is 12.1. The Morgan fingerprint density at radius 1 is 1.21 bits per heavy atom. The molecule has 0 aliphatic carbocycles. The summed E-state index contributed by atoms with van der Waals surface area (Å²) >= 11 is 0. The number of rotatable bonds is 11. The number of nitrogens with zero attached hydrogens (tertiary/aromatic N) is 2. The van der Waals surface area contributed by atoms with Gasteiger partial charge in [0.05, 0.1) is 30.7 Å². The van der Waals surface area contributed by atoms with Gasteiger partial charge in [-0.25, -0.2) is 9.78 Å². The molecule has 0 fully saturated rings. The van der Waals surface area contributed by atoms with E-state index in [4.69, 9.17) is 0 Å². The van der Waals surface area contributed by atoms with Crippen LogP contribution in [0.3, 0.4) is 0 Å². The van der Waals surface area contributed by atoms with Crippen molar-refractivity contribution in [2.75, 3.05) is 7.11 Å². The van der Waals surface area contributed by atoms with Gasteiger partial charge in [-0.3, -0.25) is 14.4 Å². The van der Waals surface area contributed by atoms with Crippen molar-refractivity contribution in [2.24, 2.45) is 0 Å². The molecule has 0 unspecified atom stereocenters. The second kappa shape index (κ2) is 11.7. The van der Waals surface area contributed by atoms with Crippen LogP contribution in [0, 0.1) is 0 Å². The Bertz CT molecular complexity index is 1220. The lowest BCUT2D eigenvalue weighted by Gasteiger charge is -2.16. The van der Waals surface area contributed by atoms with Gasteiger partial charge in [-0.15, -0.1) is 0 Å². The first-order valence-corrected chi connectivity index (χ1v) is 11.1. The zero-order chi connectivity index (χ0) is 24.5. The third-order valence-corrected chi connectivity index (χ3v) is 5.36. The molecule has 3 aromatic rings. The lowest BCUT2D eigenvalue weighted by Crippen LogP contribution is -2.42. The summed E-state index contributed by atoms with van der Waals surface area (Å²) < 4.78 is 6.11. The Morgan fingerprint density at radius 3 is 2.74 bits per heavy atom. The molecule has 0 saturated heterocycles. The maximum atomic E-state index is 13.0. The number of aromatic amines is 1. The largest absolute Gasteiger partial charge is 0.453 e. The average Bonchev–Trinajstić information content (AvgIpc) is 3.25. The van der Waals surface area contributed by atoms with Crippen LogP contribution in [0.5, 0.6) is 0 Å². The summed E-state index contributed by atoms with van der Waals surface area (Å²) in [5, 5.41) is 2.52. The van der Waals surface area contributed by atoms with Crippen LogP contribution in [0.2, 0.25) is 0 Å². The molecule has 0 aliphatic rings. The van der Waals surface area contributed by atoms with Crippen LogP contribution >= 0.6 is 0 Å². The number of aromatic nitrogens is 3. The maximum Gasteiger partial charge on any atom is 0.407 e. The van der Waals surface area contributed by atoms with E-state index in [-0.39, 0.29) is 36.5 Å². The van der Waals surface area contributed by atoms with E-state index in [1.165, 1.54) is 17.8 Å². The van der Waals surface area contributed by atoms with Gasteiger partial charge in [0.1, 0.15) is 5.82 Å². The molecule has 2 heterocycles. The fourth-order valence-electron chi connectivity index (χ4n) is 3.51. The molecular weight excluding hydrogens is 436 g/mol. The molecular formula is C25H28N4O5. The maximum absolute atomic E-state index is 13.0. The number of alkyl carbamates (subject to hydrolysis) is 1. The van der Waals surface area contributed by atoms with Crippen molar-refractivity contribution < 1.29 is 19.1 Å². The third-order valence-electron chi connectivity index (χ3n) is 5.36. The molecule has 1 aromatic carbocycles. The Kier molecular flexibility index (Phi) is 8.50. The first-order chi connectivity index (χ1) is 16.4. The number of imidazole rings is 1. The highest BCUT2D eigenvalue weighted by atomic mass is 16.5. The van der Waals surface area contributed by atoms with E-state index in [0.717, 1.165) is 11.0 Å². The number of benzene rings is 1. The number of carbonyl (C=O) groups is 3. The van der Waals surface area contributed by atoms with Gasteiger partial charge in [0.25, 0.3) is 5.56 Å². The van der Waals surface area contributed by atoms with E-state index in [9.17, 15) is 19.2 Å². The lowest BCUT2D eigenvalue weighted by molar-refractivity contribution is -0.120. The second-order valence-electron chi connectivity index (χ2n) is 7.80. The summed E-state index contributed by atoms with van der Waals surface area (Å²) in [6, 6.07) is 10.0. The second-order valence-corrected chi connectivity index (χ2v) is 7.80. The van der Waals surface area contributed by atoms with Gasteiger partial charge in [0.2, 0.25) is 0 Å². The van der Waals surface area contributed by atoms with Crippen molar-refractivity contribution in [2.45, 2.75) is 45.2 Å². The van der Waals surface area contributed by atoms with Crippen molar-refractivity contribution in [3.05, 3.63) is 76.5 Å². The topological polar surface area (TPSA) is 123 Å². The molecule has 0 aliphatic heterocycles. The van der Waals surface area contributed by atoms with Crippen LogP contribution in [0.25, 0.3) is 11.0 Å². The van der Waals surface area contributed by atoms with Crippen LogP contribution in [0.1, 0.15) is 37.6 Å². The number of pyridine rings is 1. The Labute approximate surface area is 196 Å². The fourth-order valence-corrected chi connectivity index (χ4v) is 3.51. The summed E-state index contributed by atoms with van der Waals surface area (Å²) in [6.45, 7) is 1.99. The van der Waals surface area contributed by atoms with Crippen molar-refractivity contribution >= 4 is 28.7 Å². The molecule has 3 rings (SSSR count). The van der Waals surface area contributed by atoms with Crippen LogP contribution in [0.4, 0.5) is 4.79 Å². The molecule has 9 heteroatoms. The van der Waals surface area contributed by atoms with Gasteiger partial charge >= 0.3 is 6.09 Å². The number of Topliss-reactive ketones (excluding diaryl/α,β-unsaturated/α-hetero) is 1. The Morgan fingerprint density at radius 2 is 2.00 bits per heavy atom. The molecule has 0 spiro atoms. The minimum atomic E-state index is -0.850. The monoisotopic (exact) mass is 464 g/mol. The van der Waals surface area contributed by atoms with E-state index in [1.807, 2.05) is 24.3 Å². The zero-order valence-corrected chi connectivity index (χ0v) is 19.2. The number of amides is 1. The van der Waals surface area contributed by atoms with Crippen molar-refractivity contribution in [1.82, 2.24) is 19.9 Å². The molecule has 2 N–H and O–H groups in total. The first kappa shape index (κ1) is 24.6. The van der Waals surface area contributed by atoms with Crippen molar-refractivity contribution in [3.63, 3.8) is 0 Å². The van der Waals surface area contributed by atoms with E-state index >= 15 is 0 Å². The number of ether oxygens (including phenoxy) is 1. The van der Waals surface area contributed by atoms with Crippen molar-refractivity contribution in [1.29, 1.82) is 0 Å². The number of H-pyrrole nitrogens is 1. The predicted molar refractivity (Wildman–Crippen MR) is 128 cm³/mol. The molecule has 34 heavy (non-hydrogen) atoms. The highest BCUT2D eigenvalue weighted by Gasteiger charge is 2.22. The number of carbonyl (C=O) groups excluding carboxylic acids is 3. The van der Waals surface area contributed by atoms with Gasteiger partial charge in [0.15, 0.2) is 11.6 Å². The molecule has 0 radical (unpaired) electrons. The molecule has 9 nitrogen and oxygen atoms in total. The van der Waals surface area contributed by atoms with E-state index in [2.05, 4.69) is 20.0 Å². The van der Waals surface area contributed by atoms with Gasteiger partial charge in [-0.2, -0.15) is 0 Å². The van der Waals surface area contributed by atoms with Crippen LogP contribution < -0.4 is 10.9 Å². The quantitative estimate of drug-likeness (QED) is 0.421. The number of allylic oxidation sites excluding steroid dienone is 2. The van der Waals surface area contributed by atoms with Gasteiger partial charge < -0.3 is 19.6 Å². The zero-order valence-electron chi connectivity index (χ0n) is 19.2. The fraction of sp³-hybridized carbons (Fsp3) is 0.320. The lowest BCUT2D eigenvalue weighted by atomic mass is 10.0. The van der Waals surface area contributed by atoms with E-state index in [1.54, 1.807) is 31.3 Å². The van der Waals surface area contributed by atoms with E-state index in [0.29, 0.717) is 24.2 Å². The summed E-state index contributed by atoms with van der Waals surface area (Å²) in [6.07, 6.45) is 4.99. The first-order valence-electron chi connectivity index (χ1n) is 11.1. The van der Waals surface area contributed by atoms with Crippen LogP contribution in [-0.2, 0) is 27.3 Å². The molecule has 0 saturated carbocycles. The summed E-state index contributed by atoms with van der Waals surface area (Å²) in [7, 11) is 1.21. The molecule has 0 bridgehead atoms. The minimum Gasteiger partial charge on any atom is -0.453 e. The van der Waals surface area contributed by atoms with Gasteiger partial charge in [0, 0.05) is 24.6 Å². The highest BCUT2D eigenvalue weighted by Crippen LogP contribution is 2.11. The standard InChI is InChI=1S/C25H28N4O5/c1-3-18(30)10-4-5-13-21(28-25(33)34-2)22(31)15-17-9-8-14-29(24(17)32)16-23-26-19-11-6-7-12-20(19)27-23/h4,6-12,14,21H,3,5,13,15-16H2,1-2H3,(H,26,27)(H,28,33)/b10-4+/t21-/m0/s1. The van der Waals surface area contributed by atoms with Gasteiger partial charge in [-0.1, -0.05) is 31.2 Å². The average molecular weight is 465 g/mol. The summed E-state index contributed by atoms with van der Waals surface area (Å²) in [4.78, 5) is 56.8. The van der Waals surface area contributed by atoms with Crippen LogP contribution in [-0.4, -0.2) is 45.3 Å². The Balaban J connectivity index is 1.72. The summed E-state index contributed by atoms with van der Waals surface area (Å²) in [5.41, 5.74) is 1.70. The number of nitrogens with one attached hydrogen (secondary N) is 2. The molecule has 1 amide bonds. The predicted octanol–water partition coefficient (Wildman–Crippen LogP) is 2.92.